The topological polar surface area (TPSA) is 70.6 Å². The number of aryl methyl sites for hydroxylation is 2. The minimum absolute atomic E-state index is 0. The molecule has 1 amide bonds. The third-order valence-electron chi connectivity index (χ3n) is 5.64. The molecule has 1 heterocycles. The van der Waals surface area contributed by atoms with Gasteiger partial charge in [0.1, 0.15) is 0 Å². The molecule has 0 saturated heterocycles. The highest BCUT2D eigenvalue weighted by molar-refractivity contribution is 7.91. The number of amides is 1. The molecule has 186 valence electrons. The van der Waals surface area contributed by atoms with Crippen LogP contribution in [0.3, 0.4) is 0 Å². The van der Waals surface area contributed by atoms with Gasteiger partial charge in [-0.3, -0.25) is 9.69 Å². The van der Waals surface area contributed by atoms with Gasteiger partial charge in [-0.2, -0.15) is 0 Å². The number of sulfone groups is 1. The van der Waals surface area contributed by atoms with E-state index in [1.165, 1.54) is 35.6 Å². The van der Waals surface area contributed by atoms with E-state index in [-0.39, 0.29) is 35.4 Å². The zero-order valence-electron chi connectivity index (χ0n) is 19.9. The van der Waals surface area contributed by atoms with Crippen molar-refractivity contribution in [1.29, 1.82) is 0 Å². The highest BCUT2D eigenvalue weighted by atomic mass is 35.5. The smallest absolute Gasteiger partial charge is 0.229 e. The molecule has 6 nitrogen and oxygen atoms in total. The summed E-state index contributed by atoms with van der Waals surface area (Å²) >= 11 is 7.34. The van der Waals surface area contributed by atoms with Crippen LogP contribution in [0, 0.1) is 13.8 Å². The lowest BCUT2D eigenvalue weighted by Gasteiger charge is -2.24. The van der Waals surface area contributed by atoms with Gasteiger partial charge in [0.25, 0.3) is 0 Å². The van der Waals surface area contributed by atoms with Crippen LogP contribution in [0.25, 0.3) is 10.2 Å². The second kappa shape index (κ2) is 12.3. The molecule has 0 spiro atoms. The number of thiazole rings is 1. The third kappa shape index (κ3) is 6.92. The van der Waals surface area contributed by atoms with Gasteiger partial charge >= 0.3 is 0 Å². The molecule has 0 atom stereocenters. The van der Waals surface area contributed by atoms with Gasteiger partial charge in [0.2, 0.25) is 5.91 Å². The minimum atomic E-state index is -3.60. The van der Waals surface area contributed by atoms with Crippen LogP contribution in [0.2, 0.25) is 5.02 Å². The first-order valence-electron chi connectivity index (χ1n) is 11.0. The molecule has 0 unspecified atom stereocenters. The van der Waals surface area contributed by atoms with E-state index in [4.69, 9.17) is 16.6 Å². The summed E-state index contributed by atoms with van der Waals surface area (Å²) in [7, 11) is -3.60. The Balaban J connectivity index is 0.00000408. The first kappa shape index (κ1) is 28.5. The Hall–Kier alpha value is -1.71. The predicted octanol–water partition coefficient (Wildman–Crippen LogP) is 5.53. The Morgan fingerprint density at radius 1 is 1.06 bits per heavy atom. The van der Waals surface area contributed by atoms with Crippen LogP contribution in [-0.2, 0) is 14.6 Å². The van der Waals surface area contributed by atoms with E-state index in [1.807, 2.05) is 13.8 Å². The fraction of sp³-hybridized carbons (Fsp3) is 0.417. The monoisotopic (exact) mass is 543 g/mol. The highest BCUT2D eigenvalue weighted by Crippen LogP contribution is 2.32. The van der Waals surface area contributed by atoms with E-state index < -0.39 is 9.84 Å². The van der Waals surface area contributed by atoms with E-state index in [1.54, 1.807) is 4.90 Å². The standard InChI is InChI=1S/C24H30ClN3O3S2.ClH/c1-5-27(6-2)12-13-28(24-26-23-18(4)15-17(3)16-21(23)32-24)22(29)11-14-33(30,31)20-9-7-19(25)8-10-20;/h7-10,15-16H,5-6,11-14H2,1-4H3;1H. The fourth-order valence-corrected chi connectivity index (χ4v) is 6.24. The quantitative estimate of drug-likeness (QED) is 0.336. The molecule has 0 radical (unpaired) electrons. The number of likely N-dealkylation sites (N-methyl/N-ethyl adjacent to an activating group) is 1. The molecule has 0 aliphatic carbocycles. The molecule has 1 aromatic heterocycles. The maximum Gasteiger partial charge on any atom is 0.229 e. The first-order chi connectivity index (χ1) is 15.6. The van der Waals surface area contributed by atoms with Crippen LogP contribution in [0.1, 0.15) is 31.4 Å². The zero-order chi connectivity index (χ0) is 24.2. The number of carbonyl (C=O) groups excluding carboxylic acids is 1. The van der Waals surface area contributed by atoms with E-state index in [0.29, 0.717) is 23.2 Å². The summed E-state index contributed by atoms with van der Waals surface area (Å²) in [6, 6.07) is 10.2. The Kier molecular flexibility index (Phi) is 10.3. The lowest BCUT2D eigenvalue weighted by atomic mass is 10.1. The molecule has 0 saturated carbocycles. The lowest BCUT2D eigenvalue weighted by molar-refractivity contribution is -0.118. The summed E-state index contributed by atoms with van der Waals surface area (Å²) in [6.45, 7) is 11.1. The summed E-state index contributed by atoms with van der Waals surface area (Å²) in [5.74, 6) is -0.508. The fourth-order valence-electron chi connectivity index (χ4n) is 3.70. The predicted molar refractivity (Wildman–Crippen MR) is 145 cm³/mol. The summed E-state index contributed by atoms with van der Waals surface area (Å²) < 4.78 is 26.5. The van der Waals surface area contributed by atoms with Gasteiger partial charge in [0.15, 0.2) is 15.0 Å². The normalized spacial score (nSPS) is 11.6. The van der Waals surface area contributed by atoms with Crippen LogP contribution in [0.5, 0.6) is 0 Å². The van der Waals surface area contributed by atoms with Crippen molar-refractivity contribution in [3.8, 4) is 0 Å². The second-order valence-corrected chi connectivity index (χ2v) is 11.6. The number of carbonyl (C=O) groups is 1. The number of hydrogen-bond acceptors (Lipinski definition) is 6. The molecular weight excluding hydrogens is 513 g/mol. The number of halogens is 2. The summed E-state index contributed by atoms with van der Waals surface area (Å²) in [5.41, 5.74) is 3.09. The van der Waals surface area contributed by atoms with Crippen molar-refractivity contribution in [2.24, 2.45) is 0 Å². The molecule has 0 bridgehead atoms. The third-order valence-corrected chi connectivity index (χ3v) is 8.65. The van der Waals surface area contributed by atoms with Crippen molar-refractivity contribution in [3.63, 3.8) is 0 Å². The van der Waals surface area contributed by atoms with E-state index in [2.05, 4.69) is 30.9 Å². The van der Waals surface area contributed by atoms with Gasteiger partial charge < -0.3 is 4.90 Å². The van der Waals surface area contributed by atoms with Crippen LogP contribution >= 0.6 is 35.3 Å². The van der Waals surface area contributed by atoms with Crippen LogP contribution in [0.15, 0.2) is 41.3 Å². The van der Waals surface area contributed by atoms with Gasteiger partial charge in [-0.25, -0.2) is 13.4 Å². The average molecular weight is 545 g/mol. The van der Waals surface area contributed by atoms with Crippen molar-refractivity contribution in [3.05, 3.63) is 52.5 Å². The number of anilines is 1. The van der Waals surface area contributed by atoms with E-state index in [0.717, 1.165) is 34.4 Å². The second-order valence-electron chi connectivity index (χ2n) is 8.02. The molecular formula is C24H31Cl2N3O3S2. The highest BCUT2D eigenvalue weighted by Gasteiger charge is 2.24. The number of benzene rings is 2. The van der Waals surface area contributed by atoms with Crippen molar-refractivity contribution in [1.82, 2.24) is 9.88 Å². The molecule has 0 aliphatic heterocycles. The largest absolute Gasteiger partial charge is 0.302 e. The maximum absolute atomic E-state index is 13.3. The van der Waals surface area contributed by atoms with Gasteiger partial charge in [-0.05, 0) is 68.4 Å². The summed E-state index contributed by atoms with van der Waals surface area (Å²) in [6.07, 6.45) is -0.114. The Morgan fingerprint density at radius 3 is 2.32 bits per heavy atom. The van der Waals surface area contributed by atoms with Gasteiger partial charge in [0, 0.05) is 24.5 Å². The molecule has 0 fully saturated rings. The Labute approximate surface area is 217 Å². The maximum atomic E-state index is 13.3. The van der Waals surface area contributed by atoms with Crippen LogP contribution in [0.4, 0.5) is 5.13 Å². The van der Waals surface area contributed by atoms with Gasteiger partial charge in [-0.15, -0.1) is 12.4 Å². The molecule has 3 aromatic rings. The molecule has 0 aliphatic rings. The van der Waals surface area contributed by atoms with Gasteiger partial charge in [0.05, 0.1) is 20.9 Å². The Bertz CT molecular complexity index is 1220. The number of rotatable bonds is 10. The van der Waals surface area contributed by atoms with E-state index in [9.17, 15) is 13.2 Å². The van der Waals surface area contributed by atoms with E-state index >= 15 is 0 Å². The molecule has 34 heavy (non-hydrogen) atoms. The SMILES string of the molecule is CCN(CC)CCN(C(=O)CCS(=O)(=O)c1ccc(Cl)cc1)c1nc2c(C)cc(C)cc2s1.Cl. The zero-order valence-corrected chi connectivity index (χ0v) is 23.1. The van der Waals surface area contributed by atoms with Crippen molar-refractivity contribution in [2.75, 3.05) is 36.8 Å². The van der Waals surface area contributed by atoms with Crippen molar-refractivity contribution < 1.29 is 13.2 Å². The molecule has 10 heteroatoms. The average Bonchev–Trinajstić information content (AvgIpc) is 3.19. The Morgan fingerprint density at radius 2 is 1.71 bits per heavy atom. The number of hydrogen-bond donors (Lipinski definition) is 0. The molecule has 3 rings (SSSR count). The lowest BCUT2D eigenvalue weighted by Crippen LogP contribution is -2.39. The van der Waals surface area contributed by atoms with Crippen molar-refractivity contribution >= 4 is 66.4 Å². The number of nitrogens with zero attached hydrogens (tertiary/aromatic N) is 3. The number of fused-ring (bicyclic) bond motifs is 1. The first-order valence-corrected chi connectivity index (χ1v) is 13.9. The molecule has 2 aromatic carbocycles. The number of aromatic nitrogens is 1. The molecule has 0 N–H and O–H groups in total. The van der Waals surface area contributed by atoms with Gasteiger partial charge in [-0.1, -0.05) is 42.9 Å². The minimum Gasteiger partial charge on any atom is -0.302 e. The summed E-state index contributed by atoms with van der Waals surface area (Å²) in [5, 5.41) is 1.08. The van der Waals surface area contributed by atoms with Crippen LogP contribution < -0.4 is 4.90 Å². The van der Waals surface area contributed by atoms with Crippen molar-refractivity contribution in [2.45, 2.75) is 39.0 Å². The van der Waals surface area contributed by atoms with Crippen LogP contribution in [-0.4, -0.2) is 56.1 Å². The summed E-state index contributed by atoms with van der Waals surface area (Å²) in [4.78, 5) is 22.1.